The van der Waals surface area contributed by atoms with Crippen LogP contribution in [0.5, 0.6) is 0 Å². The second-order valence-corrected chi connectivity index (χ2v) is 6.88. The molecular formula is C22H26O10. The molecule has 0 fully saturated rings. The van der Waals surface area contributed by atoms with E-state index in [0.717, 1.165) is 34.0 Å². The van der Waals surface area contributed by atoms with Crippen LogP contribution in [0, 0.1) is 18.8 Å². The van der Waals surface area contributed by atoms with Gasteiger partial charge in [0, 0.05) is 5.92 Å². The fourth-order valence-electron chi connectivity index (χ4n) is 3.23. The highest BCUT2D eigenvalue weighted by Crippen LogP contribution is 2.37. The minimum atomic E-state index is -1.73. The third kappa shape index (κ3) is 6.73. The number of hydrogen-bond acceptors (Lipinski definition) is 10. The summed E-state index contributed by atoms with van der Waals surface area (Å²) in [7, 11) is 4.18. The Bertz CT molecular complexity index is 821. The van der Waals surface area contributed by atoms with E-state index >= 15 is 0 Å². The van der Waals surface area contributed by atoms with E-state index in [1.54, 1.807) is 19.1 Å². The smallest absolute Gasteiger partial charge is 0.316 e. The Morgan fingerprint density at radius 2 is 1.03 bits per heavy atom. The highest BCUT2D eigenvalue weighted by molar-refractivity contribution is 6.11. The van der Waals surface area contributed by atoms with E-state index in [1.807, 2.05) is 0 Å². The molecule has 0 aliphatic rings. The van der Waals surface area contributed by atoms with Gasteiger partial charge in [0.15, 0.2) is 11.6 Å². The standard InChI is InChI=1S/C22H26O10/c1-12-6-8-13(9-7-12)18(19(21(27)31-4)14(23)10-16(25)29-2)20(22(28)32-5)15(24)11-17(26)30-3/h6-9,18-20H,10-11H2,1-5H3/t19-,20-/m0/s1. The third-order valence-electron chi connectivity index (χ3n) is 4.88. The van der Waals surface area contributed by atoms with Crippen LogP contribution in [0.3, 0.4) is 0 Å². The van der Waals surface area contributed by atoms with Gasteiger partial charge in [0.1, 0.15) is 24.7 Å². The summed E-state index contributed by atoms with van der Waals surface area (Å²) in [5.74, 6) is -10.7. The van der Waals surface area contributed by atoms with Crippen LogP contribution in [0.1, 0.15) is 29.9 Å². The molecule has 0 saturated heterocycles. The maximum atomic E-state index is 13.0. The number of ether oxygens (including phenoxy) is 4. The molecule has 0 radical (unpaired) electrons. The molecule has 32 heavy (non-hydrogen) atoms. The molecule has 2 atom stereocenters. The summed E-state index contributed by atoms with van der Waals surface area (Å²) in [5.41, 5.74) is 1.09. The molecule has 10 nitrogen and oxygen atoms in total. The fraction of sp³-hybridized carbons (Fsp3) is 0.455. The first-order valence-electron chi connectivity index (χ1n) is 9.52. The van der Waals surface area contributed by atoms with Crippen molar-refractivity contribution in [2.45, 2.75) is 25.7 Å². The number of Topliss-reactive ketones (excluding diaryl/α,β-unsaturated/α-hetero) is 2. The second kappa shape index (κ2) is 12.3. The van der Waals surface area contributed by atoms with Gasteiger partial charge >= 0.3 is 23.9 Å². The first-order chi connectivity index (χ1) is 15.1. The number of carbonyl (C=O) groups excluding carboxylic acids is 6. The van der Waals surface area contributed by atoms with Crippen LogP contribution in [-0.2, 0) is 47.7 Å². The lowest BCUT2D eigenvalue weighted by molar-refractivity contribution is -0.156. The van der Waals surface area contributed by atoms with Gasteiger partial charge in [-0.05, 0) is 12.5 Å². The topological polar surface area (TPSA) is 139 Å². The van der Waals surface area contributed by atoms with Gasteiger partial charge in [-0.15, -0.1) is 0 Å². The van der Waals surface area contributed by atoms with Gasteiger partial charge in [-0.25, -0.2) is 0 Å². The van der Waals surface area contributed by atoms with Crippen LogP contribution >= 0.6 is 0 Å². The maximum Gasteiger partial charge on any atom is 0.316 e. The highest BCUT2D eigenvalue weighted by atomic mass is 16.5. The summed E-state index contributed by atoms with van der Waals surface area (Å²) in [5, 5.41) is 0. The van der Waals surface area contributed by atoms with Crippen molar-refractivity contribution < 1.29 is 47.7 Å². The molecule has 0 unspecified atom stereocenters. The molecule has 0 aliphatic heterocycles. The number of ketones is 2. The molecule has 1 aromatic rings. The zero-order valence-electron chi connectivity index (χ0n) is 18.5. The minimum Gasteiger partial charge on any atom is -0.469 e. The average molecular weight is 450 g/mol. The van der Waals surface area contributed by atoms with Crippen molar-refractivity contribution >= 4 is 35.4 Å². The molecular weight excluding hydrogens is 424 g/mol. The minimum absolute atomic E-state index is 0.262. The quantitative estimate of drug-likeness (QED) is 0.272. The highest BCUT2D eigenvalue weighted by Gasteiger charge is 2.48. The molecule has 10 heteroatoms. The van der Waals surface area contributed by atoms with Gasteiger partial charge in [-0.1, -0.05) is 29.8 Å². The first kappa shape index (κ1) is 26.5. The predicted molar refractivity (Wildman–Crippen MR) is 108 cm³/mol. The molecule has 174 valence electrons. The number of esters is 4. The fourth-order valence-corrected chi connectivity index (χ4v) is 3.23. The van der Waals surface area contributed by atoms with Crippen molar-refractivity contribution in [3.8, 4) is 0 Å². The summed E-state index contributed by atoms with van der Waals surface area (Å²) >= 11 is 0. The maximum absolute atomic E-state index is 13.0. The Hall–Kier alpha value is -3.56. The van der Waals surface area contributed by atoms with Crippen LogP contribution in [0.4, 0.5) is 0 Å². The number of methoxy groups -OCH3 is 4. The molecule has 0 aliphatic carbocycles. The molecule has 0 bridgehead atoms. The van der Waals surface area contributed by atoms with Crippen molar-refractivity contribution in [1.29, 1.82) is 0 Å². The number of benzene rings is 1. The molecule has 0 N–H and O–H groups in total. The van der Waals surface area contributed by atoms with Crippen molar-refractivity contribution in [2.75, 3.05) is 28.4 Å². The average Bonchev–Trinajstić information content (AvgIpc) is 2.78. The molecule has 0 spiro atoms. The Kier molecular flexibility index (Phi) is 10.2. The van der Waals surface area contributed by atoms with Gasteiger partial charge in [-0.2, -0.15) is 0 Å². The van der Waals surface area contributed by atoms with Crippen molar-refractivity contribution in [1.82, 2.24) is 0 Å². The number of rotatable bonds is 11. The van der Waals surface area contributed by atoms with E-state index in [-0.39, 0.29) is 5.56 Å². The Labute approximate surface area is 185 Å². The van der Waals surface area contributed by atoms with Crippen LogP contribution in [-0.4, -0.2) is 63.9 Å². The van der Waals surface area contributed by atoms with Crippen LogP contribution in [0.15, 0.2) is 24.3 Å². The van der Waals surface area contributed by atoms with Crippen molar-refractivity contribution in [2.24, 2.45) is 11.8 Å². The van der Waals surface area contributed by atoms with Crippen molar-refractivity contribution in [3.05, 3.63) is 35.4 Å². The third-order valence-corrected chi connectivity index (χ3v) is 4.88. The summed E-state index contributed by atoms with van der Waals surface area (Å²) in [6, 6.07) is 6.37. The Balaban J connectivity index is 3.71. The summed E-state index contributed by atoms with van der Waals surface area (Å²) in [6.07, 6.45) is -1.59. The van der Waals surface area contributed by atoms with Gasteiger partial charge in [0.05, 0.1) is 28.4 Å². The van der Waals surface area contributed by atoms with E-state index in [9.17, 15) is 28.8 Å². The van der Waals surface area contributed by atoms with Gasteiger partial charge in [0.25, 0.3) is 0 Å². The Morgan fingerprint density at radius 1 is 0.656 bits per heavy atom. The molecule has 1 aromatic carbocycles. The van der Waals surface area contributed by atoms with E-state index in [0.29, 0.717) is 0 Å². The number of hydrogen-bond donors (Lipinski definition) is 0. The number of carbonyl (C=O) groups is 6. The molecule has 0 amide bonds. The van der Waals surface area contributed by atoms with E-state index in [1.165, 1.54) is 12.1 Å². The normalized spacial score (nSPS) is 12.3. The summed E-state index contributed by atoms with van der Waals surface area (Å²) in [6.45, 7) is 1.79. The molecule has 1 rings (SSSR count). The zero-order chi connectivity index (χ0) is 24.4. The lowest BCUT2D eigenvalue weighted by Gasteiger charge is -2.29. The molecule has 0 saturated carbocycles. The summed E-state index contributed by atoms with van der Waals surface area (Å²) in [4.78, 5) is 74.7. The van der Waals surface area contributed by atoms with Gasteiger partial charge in [0.2, 0.25) is 0 Å². The second-order valence-electron chi connectivity index (χ2n) is 6.88. The van der Waals surface area contributed by atoms with E-state index in [2.05, 4.69) is 9.47 Å². The lowest BCUT2D eigenvalue weighted by Crippen LogP contribution is -2.42. The van der Waals surface area contributed by atoms with Crippen LogP contribution < -0.4 is 0 Å². The van der Waals surface area contributed by atoms with E-state index in [4.69, 9.17) is 9.47 Å². The van der Waals surface area contributed by atoms with Gasteiger partial charge < -0.3 is 18.9 Å². The SMILES string of the molecule is COC(=O)CC(=O)[C@H](C(=O)OC)C(c1ccc(C)cc1)[C@H](C(=O)CC(=O)OC)C(=O)OC. The number of aryl methyl sites for hydroxylation is 1. The van der Waals surface area contributed by atoms with Crippen molar-refractivity contribution in [3.63, 3.8) is 0 Å². The first-order valence-corrected chi connectivity index (χ1v) is 9.52. The summed E-state index contributed by atoms with van der Waals surface area (Å²) < 4.78 is 18.5. The van der Waals surface area contributed by atoms with Crippen LogP contribution in [0.25, 0.3) is 0 Å². The Morgan fingerprint density at radius 3 is 1.34 bits per heavy atom. The monoisotopic (exact) mass is 450 g/mol. The van der Waals surface area contributed by atoms with E-state index < -0.39 is 66.0 Å². The lowest BCUT2D eigenvalue weighted by atomic mass is 9.72. The molecule has 0 aromatic heterocycles. The largest absolute Gasteiger partial charge is 0.469 e. The zero-order valence-corrected chi connectivity index (χ0v) is 18.5. The van der Waals surface area contributed by atoms with Crippen LogP contribution in [0.2, 0.25) is 0 Å². The van der Waals surface area contributed by atoms with Gasteiger partial charge in [-0.3, -0.25) is 28.8 Å². The molecule has 0 heterocycles. The predicted octanol–water partition coefficient (Wildman–Crippen LogP) is 0.921.